The predicted molar refractivity (Wildman–Crippen MR) is 107 cm³/mol. The third kappa shape index (κ3) is 2.81. The van der Waals surface area contributed by atoms with Crippen molar-refractivity contribution in [2.75, 3.05) is 18.8 Å². The molecule has 4 heteroatoms. The molecule has 1 aliphatic heterocycles. The Morgan fingerprint density at radius 3 is 2.77 bits per heavy atom. The van der Waals surface area contributed by atoms with E-state index < -0.39 is 10.8 Å². The van der Waals surface area contributed by atoms with Gasteiger partial charge in [0.05, 0.1) is 10.8 Å². The number of fused-ring (bicyclic) bond motifs is 6. The number of hydrogen-bond donors (Lipinski definition) is 1. The lowest BCUT2D eigenvalue weighted by atomic mass is 9.78. The maximum absolute atomic E-state index is 12.6. The summed E-state index contributed by atoms with van der Waals surface area (Å²) in [5.74, 6) is 1.50. The average molecular weight is 365 g/mol. The lowest BCUT2D eigenvalue weighted by molar-refractivity contribution is 0.108. The molecule has 2 aromatic carbocycles. The summed E-state index contributed by atoms with van der Waals surface area (Å²) in [6.45, 7) is 2.03. The lowest BCUT2D eigenvalue weighted by Gasteiger charge is -2.43. The minimum Gasteiger partial charge on any atom is -0.358 e. The van der Waals surface area contributed by atoms with E-state index in [-0.39, 0.29) is 0 Å². The van der Waals surface area contributed by atoms with Crippen LogP contribution in [0.2, 0.25) is 0 Å². The quantitative estimate of drug-likeness (QED) is 0.750. The van der Waals surface area contributed by atoms with Gasteiger partial charge in [-0.15, -0.1) is 0 Å². The highest BCUT2D eigenvalue weighted by atomic mass is 32.2. The Bertz CT molecular complexity index is 949. The van der Waals surface area contributed by atoms with Crippen molar-refractivity contribution in [1.82, 2.24) is 9.88 Å². The summed E-state index contributed by atoms with van der Waals surface area (Å²) in [5, 5.41) is 1.38. The number of aromatic amines is 1. The number of benzene rings is 2. The zero-order chi connectivity index (χ0) is 17.5. The molecule has 3 aromatic rings. The first kappa shape index (κ1) is 16.3. The van der Waals surface area contributed by atoms with Crippen LogP contribution in [0.3, 0.4) is 0 Å². The Labute approximate surface area is 156 Å². The maximum Gasteiger partial charge on any atom is 0.0542 e. The zero-order valence-corrected chi connectivity index (χ0v) is 15.7. The molecule has 3 nitrogen and oxygen atoms in total. The number of rotatable bonds is 4. The molecule has 1 N–H and O–H groups in total. The highest BCUT2D eigenvalue weighted by Gasteiger charge is 2.37. The van der Waals surface area contributed by atoms with Gasteiger partial charge in [-0.1, -0.05) is 36.4 Å². The van der Waals surface area contributed by atoms with Gasteiger partial charge in [0.1, 0.15) is 0 Å². The molecule has 1 unspecified atom stereocenters. The third-order valence-corrected chi connectivity index (χ3v) is 7.40. The van der Waals surface area contributed by atoms with Crippen molar-refractivity contribution in [3.05, 3.63) is 65.9 Å². The summed E-state index contributed by atoms with van der Waals surface area (Å²) in [5.41, 5.74) is 4.20. The summed E-state index contributed by atoms with van der Waals surface area (Å²) in [4.78, 5) is 7.19. The topological polar surface area (TPSA) is 36.1 Å². The van der Waals surface area contributed by atoms with Gasteiger partial charge >= 0.3 is 0 Å². The van der Waals surface area contributed by atoms with Crippen LogP contribution in [0.15, 0.2) is 59.5 Å². The molecule has 1 saturated heterocycles. The number of piperidine rings is 1. The van der Waals surface area contributed by atoms with Crippen LogP contribution >= 0.6 is 0 Å². The minimum atomic E-state index is -0.918. The molecular weight excluding hydrogens is 340 g/mol. The molecule has 2 heterocycles. The van der Waals surface area contributed by atoms with Gasteiger partial charge in [0.2, 0.25) is 0 Å². The van der Waals surface area contributed by atoms with Crippen LogP contribution < -0.4 is 0 Å². The van der Waals surface area contributed by atoms with E-state index in [2.05, 4.69) is 34.1 Å². The molecule has 0 spiro atoms. The van der Waals surface area contributed by atoms with Crippen molar-refractivity contribution in [3.63, 3.8) is 0 Å². The number of nitrogens with zero attached hydrogens (tertiary/aromatic N) is 1. The molecule has 2 aliphatic rings. The smallest absolute Gasteiger partial charge is 0.0542 e. The Hall–Kier alpha value is -1.91. The first-order valence-electron chi connectivity index (χ1n) is 9.56. The van der Waals surface area contributed by atoms with Crippen LogP contribution in [0.1, 0.15) is 30.1 Å². The fourth-order valence-electron chi connectivity index (χ4n) is 4.78. The normalized spacial score (nSPS) is 23.7. The van der Waals surface area contributed by atoms with Crippen LogP contribution in [0.5, 0.6) is 0 Å². The van der Waals surface area contributed by atoms with Crippen LogP contribution in [-0.4, -0.2) is 32.9 Å². The summed E-state index contributed by atoms with van der Waals surface area (Å²) < 4.78 is 12.6. The minimum absolute atomic E-state index is 0.474. The number of nitrogens with one attached hydrogen (secondary N) is 1. The van der Waals surface area contributed by atoms with Crippen molar-refractivity contribution >= 4 is 21.7 Å². The van der Waals surface area contributed by atoms with E-state index in [1.165, 1.54) is 41.4 Å². The molecule has 0 saturated carbocycles. The average Bonchev–Trinajstić information content (AvgIpc) is 3.06. The zero-order valence-electron chi connectivity index (χ0n) is 14.9. The van der Waals surface area contributed by atoms with Gasteiger partial charge in [0.25, 0.3) is 0 Å². The second kappa shape index (κ2) is 6.67. The summed E-state index contributed by atoms with van der Waals surface area (Å²) in [7, 11) is -0.918. The van der Waals surface area contributed by atoms with E-state index in [0.29, 0.717) is 11.8 Å². The van der Waals surface area contributed by atoms with Gasteiger partial charge in [-0.2, -0.15) is 0 Å². The second-order valence-corrected chi connectivity index (χ2v) is 9.14. The standard InChI is InChI=1S/C22H24N2OS/c25-26(17-6-2-1-3-7-17)13-12-24-11-10-16-14-20-22(21(24)15-16)18-8-4-5-9-19(18)23-20/h1-9,16,21,23H,10-15H2/t16-,21-,26?/m1/s1. The SMILES string of the molecule is O=S(CCN1CC[C@@H]2Cc3[nH]c4ccccc4c3[C@H]1C2)c1ccccc1. The lowest BCUT2D eigenvalue weighted by Crippen LogP contribution is -2.42. The number of hydrogen-bond acceptors (Lipinski definition) is 2. The summed E-state index contributed by atoms with van der Waals surface area (Å²) in [6, 6.07) is 19.0. The van der Waals surface area contributed by atoms with Gasteiger partial charge in [0, 0.05) is 39.8 Å². The summed E-state index contributed by atoms with van der Waals surface area (Å²) in [6.07, 6.45) is 3.68. The fourth-order valence-corrected chi connectivity index (χ4v) is 5.88. The summed E-state index contributed by atoms with van der Waals surface area (Å²) >= 11 is 0. The molecule has 134 valence electrons. The monoisotopic (exact) mass is 364 g/mol. The molecule has 1 aliphatic carbocycles. The van der Waals surface area contributed by atoms with Crippen molar-refractivity contribution in [3.8, 4) is 0 Å². The fraction of sp³-hybridized carbons (Fsp3) is 0.364. The first-order valence-corrected chi connectivity index (χ1v) is 10.9. The van der Waals surface area contributed by atoms with Crippen molar-refractivity contribution < 1.29 is 4.21 Å². The van der Waals surface area contributed by atoms with E-state index in [9.17, 15) is 4.21 Å². The molecule has 26 heavy (non-hydrogen) atoms. The highest BCUT2D eigenvalue weighted by molar-refractivity contribution is 7.85. The van der Waals surface area contributed by atoms with E-state index in [4.69, 9.17) is 0 Å². The molecular formula is C22H24N2OS. The number of likely N-dealkylation sites (tertiary alicyclic amines) is 1. The number of aromatic nitrogens is 1. The van der Waals surface area contributed by atoms with Crippen LogP contribution in [0, 0.1) is 5.92 Å². The molecule has 0 amide bonds. The van der Waals surface area contributed by atoms with Gasteiger partial charge in [-0.25, -0.2) is 0 Å². The number of para-hydroxylation sites is 1. The molecule has 2 bridgehead atoms. The largest absolute Gasteiger partial charge is 0.358 e. The third-order valence-electron chi connectivity index (χ3n) is 6.05. The van der Waals surface area contributed by atoms with Gasteiger partial charge in [-0.05, 0) is 55.5 Å². The van der Waals surface area contributed by atoms with E-state index in [1.807, 2.05) is 30.3 Å². The van der Waals surface area contributed by atoms with Crippen LogP contribution in [0.4, 0.5) is 0 Å². The van der Waals surface area contributed by atoms with Crippen LogP contribution in [-0.2, 0) is 17.2 Å². The molecule has 1 aromatic heterocycles. The van der Waals surface area contributed by atoms with E-state index in [1.54, 1.807) is 0 Å². The van der Waals surface area contributed by atoms with Crippen LogP contribution in [0.25, 0.3) is 10.9 Å². The maximum atomic E-state index is 12.6. The Kier molecular flexibility index (Phi) is 4.18. The van der Waals surface area contributed by atoms with E-state index >= 15 is 0 Å². The molecule has 5 rings (SSSR count). The Morgan fingerprint density at radius 2 is 1.88 bits per heavy atom. The second-order valence-electron chi connectivity index (χ2n) is 7.57. The molecule has 3 atom stereocenters. The van der Waals surface area contributed by atoms with Gasteiger partial charge < -0.3 is 4.98 Å². The van der Waals surface area contributed by atoms with Crippen molar-refractivity contribution in [2.45, 2.75) is 30.2 Å². The predicted octanol–water partition coefficient (Wildman–Crippen LogP) is 4.28. The first-order chi connectivity index (χ1) is 12.8. The van der Waals surface area contributed by atoms with E-state index in [0.717, 1.165) is 23.9 Å². The molecule has 0 radical (unpaired) electrons. The van der Waals surface area contributed by atoms with Gasteiger partial charge in [0.15, 0.2) is 0 Å². The van der Waals surface area contributed by atoms with Crippen molar-refractivity contribution in [2.24, 2.45) is 5.92 Å². The highest BCUT2D eigenvalue weighted by Crippen LogP contribution is 2.45. The Morgan fingerprint density at radius 1 is 1.08 bits per heavy atom. The number of H-pyrrole nitrogens is 1. The Balaban J connectivity index is 1.40. The van der Waals surface area contributed by atoms with Crippen molar-refractivity contribution in [1.29, 1.82) is 0 Å². The molecule has 1 fully saturated rings. The van der Waals surface area contributed by atoms with Gasteiger partial charge in [-0.3, -0.25) is 9.11 Å².